The average Bonchev–Trinajstić information content (AvgIpc) is 3.83. The van der Waals surface area contributed by atoms with E-state index in [-0.39, 0.29) is 71.0 Å². The van der Waals surface area contributed by atoms with Crippen molar-refractivity contribution in [3.63, 3.8) is 0 Å². The fraction of sp³-hybridized carbons (Fsp3) is 0.538. The molecule has 2 aromatic heterocycles. The number of nitrogens with one attached hydrogen (secondary N) is 3. The number of ketones is 2. The van der Waals surface area contributed by atoms with Crippen molar-refractivity contribution in [3.8, 4) is 28.4 Å². The van der Waals surface area contributed by atoms with Gasteiger partial charge in [-0.2, -0.15) is 0 Å². The van der Waals surface area contributed by atoms with Gasteiger partial charge in [0.15, 0.2) is 11.5 Å². The van der Waals surface area contributed by atoms with Crippen LogP contribution < -0.4 is 30.2 Å². The number of rotatable bonds is 22. The molecule has 3 atom stereocenters. The van der Waals surface area contributed by atoms with Crippen LogP contribution in [-0.2, 0) is 6.42 Å². The molecule has 0 spiro atoms. The highest BCUT2D eigenvalue weighted by Crippen LogP contribution is 2.48. The Morgan fingerprint density at radius 2 is 1.25 bits per heavy atom. The Morgan fingerprint density at radius 1 is 0.683 bits per heavy atom. The van der Waals surface area contributed by atoms with Crippen LogP contribution in [0.4, 0.5) is 4.39 Å². The second-order valence-electron chi connectivity index (χ2n) is 19.3. The molecule has 3 aromatic carbocycles. The highest BCUT2D eigenvalue weighted by atomic mass is 19.1. The predicted octanol–water partition coefficient (Wildman–Crippen LogP) is 11.4. The van der Waals surface area contributed by atoms with Gasteiger partial charge in [-0.25, -0.2) is 4.39 Å². The Balaban J connectivity index is 1.53. The normalized spacial score (nSPS) is 17.0. The topological polar surface area (TPSA) is 124 Å². The zero-order valence-corrected chi connectivity index (χ0v) is 39.7. The molecule has 6 rings (SSSR count). The van der Waals surface area contributed by atoms with Crippen molar-refractivity contribution in [1.82, 2.24) is 16.0 Å². The zero-order chi connectivity index (χ0) is 45.9. The number of halogens is 1. The van der Waals surface area contributed by atoms with Crippen molar-refractivity contribution in [1.29, 1.82) is 0 Å². The molecule has 1 saturated carbocycles. The van der Waals surface area contributed by atoms with Crippen LogP contribution in [0.5, 0.6) is 17.2 Å². The summed E-state index contributed by atoms with van der Waals surface area (Å²) < 4.78 is 48.2. The van der Waals surface area contributed by atoms with Crippen molar-refractivity contribution in [2.45, 2.75) is 158 Å². The molecule has 342 valence electrons. The van der Waals surface area contributed by atoms with Crippen molar-refractivity contribution in [2.75, 3.05) is 13.1 Å². The van der Waals surface area contributed by atoms with Crippen LogP contribution in [0.25, 0.3) is 33.1 Å². The molecule has 0 aliphatic heterocycles. The Labute approximate surface area is 373 Å². The molecular weight excluding hydrogens is 798 g/mol. The quantitative estimate of drug-likeness (QED) is 0.0579. The molecule has 10 nitrogen and oxygen atoms in total. The molecule has 5 aromatic rings. The van der Waals surface area contributed by atoms with Gasteiger partial charge in [0.05, 0.1) is 0 Å². The van der Waals surface area contributed by atoms with Crippen LogP contribution in [0, 0.1) is 17.7 Å². The number of hydrogen-bond acceptors (Lipinski definition) is 10. The van der Waals surface area contributed by atoms with Gasteiger partial charge in [-0.15, -0.1) is 0 Å². The Hall–Kier alpha value is -4.71. The van der Waals surface area contributed by atoms with E-state index >= 15 is 4.39 Å². The Kier molecular flexibility index (Phi) is 15.5. The maximum Gasteiger partial charge on any atom is 0.200 e. The Morgan fingerprint density at radius 3 is 1.83 bits per heavy atom. The highest BCUT2D eigenvalue weighted by molar-refractivity contribution is 6.10. The van der Waals surface area contributed by atoms with Gasteiger partial charge in [-0.05, 0) is 92.6 Å². The summed E-state index contributed by atoms with van der Waals surface area (Å²) in [5.41, 5.74) is 3.95. The summed E-state index contributed by atoms with van der Waals surface area (Å²) in [4.78, 5) is 27.2. The van der Waals surface area contributed by atoms with Gasteiger partial charge >= 0.3 is 0 Å². The number of carbonyl (C=O) groups excluding carboxylic acids is 2. The third-order valence-corrected chi connectivity index (χ3v) is 11.5. The van der Waals surface area contributed by atoms with E-state index in [0.717, 1.165) is 24.0 Å². The first-order valence-electron chi connectivity index (χ1n) is 23.0. The first kappa shape index (κ1) is 47.8. The number of carbonyl (C=O) groups is 2. The van der Waals surface area contributed by atoms with Crippen molar-refractivity contribution in [3.05, 3.63) is 77.0 Å². The van der Waals surface area contributed by atoms with Gasteiger partial charge in [-0.1, -0.05) is 76.2 Å². The smallest absolute Gasteiger partial charge is 0.200 e. The predicted molar refractivity (Wildman–Crippen MR) is 250 cm³/mol. The second kappa shape index (κ2) is 20.4. The van der Waals surface area contributed by atoms with Crippen molar-refractivity contribution < 1.29 is 37.0 Å². The minimum atomic E-state index is -0.380. The van der Waals surface area contributed by atoms with Crippen molar-refractivity contribution >= 4 is 33.5 Å². The molecule has 1 unspecified atom stereocenters. The number of furan rings is 2. The standard InChI is InChI=1S/C52H70FN3O7/c1-27(2)49(57)46-19-37-17-41(60-34(13)26-55-30(7)8)23-43(52(37)62-46)48-44-24-47(50(58)28(3)4)63-51(44)36(18-45(48)61-42-21-39(22-42)56-31(9)10)14-32(11)35-15-38(53)20-40(16-35)59-33(12)25-54-29(5)6/h15-20,23-24,27-34,39,42,54-56H,14,21-22,25-26H2,1-13H3/t32?,33-,34+,39-,42-/m0/s1. The maximum absolute atomic E-state index is 15.3. The summed E-state index contributed by atoms with van der Waals surface area (Å²) in [6.45, 7) is 27.3. The molecule has 0 saturated heterocycles. The van der Waals surface area contributed by atoms with E-state index in [1.54, 1.807) is 12.1 Å². The molecular formula is C52H70FN3O7. The lowest BCUT2D eigenvalue weighted by Gasteiger charge is -2.37. The molecule has 0 bridgehead atoms. The van der Waals surface area contributed by atoms with Crippen LogP contribution in [0.1, 0.15) is 141 Å². The third kappa shape index (κ3) is 11.9. The van der Waals surface area contributed by atoms with Crippen molar-refractivity contribution in [2.24, 2.45) is 11.8 Å². The van der Waals surface area contributed by atoms with E-state index in [1.807, 2.05) is 71.9 Å². The number of benzene rings is 3. The number of hydrogen-bond donors (Lipinski definition) is 3. The van der Waals surface area contributed by atoms with E-state index in [9.17, 15) is 9.59 Å². The van der Waals surface area contributed by atoms with Gasteiger partial charge in [-0.3, -0.25) is 9.59 Å². The first-order valence-corrected chi connectivity index (χ1v) is 23.0. The summed E-state index contributed by atoms with van der Waals surface area (Å²) in [7, 11) is 0. The molecule has 1 aliphatic rings. The molecule has 11 heteroatoms. The minimum Gasteiger partial charge on any atom is -0.490 e. The van der Waals surface area contributed by atoms with Crippen LogP contribution >= 0.6 is 0 Å². The van der Waals surface area contributed by atoms with Crippen LogP contribution in [0.3, 0.4) is 0 Å². The molecule has 0 radical (unpaired) electrons. The largest absolute Gasteiger partial charge is 0.490 e. The lowest BCUT2D eigenvalue weighted by molar-refractivity contribution is 0.0820. The van der Waals surface area contributed by atoms with Crippen LogP contribution in [0.2, 0.25) is 0 Å². The summed E-state index contributed by atoms with van der Waals surface area (Å²) >= 11 is 0. The fourth-order valence-corrected chi connectivity index (χ4v) is 8.14. The van der Waals surface area contributed by atoms with E-state index in [4.69, 9.17) is 23.0 Å². The number of Topliss-reactive ketones (excluding diaryl/α,β-unsaturated/α-hetero) is 2. The first-order chi connectivity index (χ1) is 29.8. The molecule has 1 aliphatic carbocycles. The van der Waals surface area contributed by atoms with Crippen LogP contribution in [-0.4, -0.2) is 67.1 Å². The van der Waals surface area contributed by atoms with E-state index in [0.29, 0.717) is 87.9 Å². The summed E-state index contributed by atoms with van der Waals surface area (Å²) in [5.74, 6) is 0.722. The maximum atomic E-state index is 15.3. The van der Waals surface area contributed by atoms with Gasteiger partial charge < -0.3 is 39.0 Å². The van der Waals surface area contributed by atoms with Gasteiger partial charge in [0.25, 0.3) is 0 Å². The minimum absolute atomic E-state index is 0.0896. The monoisotopic (exact) mass is 868 g/mol. The highest BCUT2D eigenvalue weighted by Gasteiger charge is 2.34. The molecule has 63 heavy (non-hydrogen) atoms. The van der Waals surface area contributed by atoms with Gasteiger partial charge in [0.1, 0.15) is 52.5 Å². The lowest BCUT2D eigenvalue weighted by Crippen LogP contribution is -2.49. The SMILES string of the molecule is CC(C)NC[C@@H](C)Oc1cc(-c2c(O[C@H]3C[C@H](NC(C)C)C3)cc(CC(C)c3cc(F)cc(O[C@@H](C)CNC(C)C)c3)c3oc(C(=O)C(C)C)cc23)c2oc(C(=O)C(C)C)cc2c1. The van der Waals surface area contributed by atoms with E-state index in [2.05, 4.69) is 64.4 Å². The summed E-state index contributed by atoms with van der Waals surface area (Å²) in [6.07, 6.45) is 1.63. The Bertz CT molecular complexity index is 2370. The number of ether oxygens (including phenoxy) is 3. The van der Waals surface area contributed by atoms with E-state index in [1.165, 1.54) is 6.07 Å². The molecule has 0 amide bonds. The molecule has 2 heterocycles. The van der Waals surface area contributed by atoms with Gasteiger partial charge in [0.2, 0.25) is 11.6 Å². The third-order valence-electron chi connectivity index (χ3n) is 11.5. The average molecular weight is 868 g/mol. The van der Waals surface area contributed by atoms with Crippen LogP contribution in [0.15, 0.2) is 57.4 Å². The van der Waals surface area contributed by atoms with E-state index < -0.39 is 0 Å². The summed E-state index contributed by atoms with van der Waals surface area (Å²) in [5, 5.41) is 11.8. The van der Waals surface area contributed by atoms with Gasteiger partial charge in [0, 0.05) is 77.1 Å². The summed E-state index contributed by atoms with van der Waals surface area (Å²) in [6, 6.07) is 15.6. The number of fused-ring (bicyclic) bond motifs is 2. The zero-order valence-electron chi connectivity index (χ0n) is 39.7. The lowest BCUT2D eigenvalue weighted by atomic mass is 9.87. The fourth-order valence-electron chi connectivity index (χ4n) is 8.14. The molecule has 1 fully saturated rings. The molecule has 3 N–H and O–H groups in total. The second-order valence-corrected chi connectivity index (χ2v) is 19.3.